The molecule has 0 atom stereocenters. The molecule has 2 heteroatoms. The Morgan fingerprint density at radius 2 is 2.10 bits per heavy atom. The second-order valence-electron chi connectivity index (χ2n) is 2.35. The van der Waals surface area contributed by atoms with E-state index in [-0.39, 0.29) is 0 Å². The Kier molecular flexibility index (Phi) is 2.15. The van der Waals surface area contributed by atoms with Crippen molar-refractivity contribution >= 4 is 0 Å². The predicted molar refractivity (Wildman–Crippen MR) is 43.2 cm³/mol. The lowest BCUT2D eigenvalue weighted by molar-refractivity contribution is 0.527. The first-order valence-electron chi connectivity index (χ1n) is 3.27. The van der Waals surface area contributed by atoms with Crippen LogP contribution in [0.25, 0.3) is 0 Å². The zero-order chi connectivity index (χ0) is 7.40. The van der Waals surface area contributed by atoms with Crippen LogP contribution in [-0.2, 0) is 0 Å². The Labute approximate surface area is 61.5 Å². The largest absolute Gasteiger partial charge is 0.376 e. The van der Waals surface area contributed by atoms with Crippen molar-refractivity contribution in [1.82, 2.24) is 10.2 Å². The summed E-state index contributed by atoms with van der Waals surface area (Å²) < 4.78 is 0. The van der Waals surface area contributed by atoms with Crippen LogP contribution in [0.1, 0.15) is 0 Å². The molecule has 1 aliphatic heterocycles. The summed E-state index contributed by atoms with van der Waals surface area (Å²) in [6.07, 6.45) is 9.88. The van der Waals surface area contributed by atoms with Crippen LogP contribution in [0.4, 0.5) is 0 Å². The van der Waals surface area contributed by atoms with E-state index in [0.29, 0.717) is 0 Å². The van der Waals surface area contributed by atoms with Gasteiger partial charge in [-0.25, -0.2) is 0 Å². The molecule has 0 fully saturated rings. The average Bonchev–Trinajstić information content (AvgIpc) is 2.12. The third-order valence-corrected chi connectivity index (χ3v) is 1.32. The molecular formula is C8H12N2. The van der Waals surface area contributed by atoms with Crippen molar-refractivity contribution in [3.8, 4) is 0 Å². The molecule has 1 rings (SSSR count). The fraction of sp³-hybridized carbons (Fsp3) is 0.250. The van der Waals surface area contributed by atoms with Crippen LogP contribution < -0.4 is 5.32 Å². The van der Waals surface area contributed by atoms with Gasteiger partial charge < -0.3 is 10.2 Å². The topological polar surface area (TPSA) is 15.3 Å². The van der Waals surface area contributed by atoms with Gasteiger partial charge in [-0.15, -0.1) is 0 Å². The molecule has 1 heterocycles. The summed E-state index contributed by atoms with van der Waals surface area (Å²) in [5, 5.41) is 3.03. The van der Waals surface area contributed by atoms with Crippen LogP contribution >= 0.6 is 0 Å². The number of nitrogens with one attached hydrogen (secondary N) is 1. The molecule has 1 aliphatic rings. The van der Waals surface area contributed by atoms with Gasteiger partial charge in [0.1, 0.15) is 0 Å². The first-order valence-corrected chi connectivity index (χ1v) is 3.27. The molecule has 0 aromatic rings. The molecular weight excluding hydrogens is 124 g/mol. The second-order valence-corrected chi connectivity index (χ2v) is 2.35. The summed E-state index contributed by atoms with van der Waals surface area (Å²) in [4.78, 5) is 2.05. The number of nitrogens with zero attached hydrogens (tertiary/aromatic N) is 1. The number of hydrogen-bond acceptors (Lipinski definition) is 2. The van der Waals surface area contributed by atoms with E-state index in [1.165, 1.54) is 5.70 Å². The molecule has 2 nitrogen and oxygen atoms in total. The molecule has 0 aliphatic carbocycles. The first-order chi connectivity index (χ1) is 4.80. The molecule has 0 aromatic heterocycles. The lowest BCUT2D eigenvalue weighted by Gasteiger charge is -2.12. The van der Waals surface area contributed by atoms with Gasteiger partial charge in [-0.1, -0.05) is 6.08 Å². The van der Waals surface area contributed by atoms with E-state index in [9.17, 15) is 0 Å². The number of allylic oxidation sites excluding steroid dienone is 3. The van der Waals surface area contributed by atoms with Crippen LogP contribution in [0.15, 0.2) is 36.3 Å². The van der Waals surface area contributed by atoms with Crippen LogP contribution in [-0.4, -0.2) is 19.0 Å². The number of hydrogen-bond donors (Lipinski definition) is 1. The highest BCUT2D eigenvalue weighted by Gasteiger charge is 1.92. The van der Waals surface area contributed by atoms with E-state index < -0.39 is 0 Å². The zero-order valence-corrected chi connectivity index (χ0v) is 6.33. The fourth-order valence-corrected chi connectivity index (χ4v) is 0.725. The Balaban J connectivity index is 2.69. The van der Waals surface area contributed by atoms with Crippen LogP contribution in [0.5, 0.6) is 0 Å². The lowest BCUT2D eigenvalue weighted by atomic mass is 10.4. The highest BCUT2D eigenvalue weighted by atomic mass is 15.1. The average molecular weight is 136 g/mol. The van der Waals surface area contributed by atoms with Crippen molar-refractivity contribution in [2.24, 2.45) is 0 Å². The summed E-state index contributed by atoms with van der Waals surface area (Å²) in [7, 11) is 4.03. The van der Waals surface area contributed by atoms with E-state index in [4.69, 9.17) is 0 Å². The summed E-state index contributed by atoms with van der Waals surface area (Å²) in [5.41, 5.74) is 1.17. The van der Waals surface area contributed by atoms with Crippen molar-refractivity contribution in [3.05, 3.63) is 36.3 Å². The predicted octanol–water partition coefficient (Wildman–Crippen LogP) is 1.06. The smallest absolute Gasteiger partial charge is 0.0523 e. The van der Waals surface area contributed by atoms with Crippen LogP contribution in [0, 0.1) is 0 Å². The van der Waals surface area contributed by atoms with E-state index in [2.05, 4.69) is 16.3 Å². The molecule has 0 bridgehead atoms. The van der Waals surface area contributed by atoms with Gasteiger partial charge in [-0.2, -0.15) is 0 Å². The quantitative estimate of drug-likeness (QED) is 0.580. The lowest BCUT2D eigenvalue weighted by Crippen LogP contribution is -2.11. The minimum absolute atomic E-state index is 1.17. The highest BCUT2D eigenvalue weighted by molar-refractivity contribution is 5.23. The molecule has 0 saturated carbocycles. The van der Waals surface area contributed by atoms with Gasteiger partial charge in [0.05, 0.1) is 5.70 Å². The fourth-order valence-electron chi connectivity index (χ4n) is 0.725. The Morgan fingerprint density at radius 1 is 1.30 bits per heavy atom. The maximum Gasteiger partial charge on any atom is 0.0523 e. The Bertz CT molecular complexity index is 187. The molecule has 0 unspecified atom stereocenters. The van der Waals surface area contributed by atoms with Gasteiger partial charge in [0.2, 0.25) is 0 Å². The third-order valence-electron chi connectivity index (χ3n) is 1.32. The van der Waals surface area contributed by atoms with Crippen molar-refractivity contribution in [3.63, 3.8) is 0 Å². The molecule has 1 N–H and O–H groups in total. The molecule has 0 radical (unpaired) electrons. The zero-order valence-electron chi connectivity index (χ0n) is 6.33. The van der Waals surface area contributed by atoms with Gasteiger partial charge in [-0.05, 0) is 12.2 Å². The van der Waals surface area contributed by atoms with E-state index in [1.807, 2.05) is 38.6 Å². The summed E-state index contributed by atoms with van der Waals surface area (Å²) in [6.45, 7) is 0. The van der Waals surface area contributed by atoms with Gasteiger partial charge in [0.15, 0.2) is 0 Å². The van der Waals surface area contributed by atoms with Crippen molar-refractivity contribution in [1.29, 1.82) is 0 Å². The van der Waals surface area contributed by atoms with Crippen molar-refractivity contribution in [2.75, 3.05) is 14.1 Å². The number of rotatable bonds is 1. The maximum atomic E-state index is 3.03. The van der Waals surface area contributed by atoms with Crippen LogP contribution in [0.2, 0.25) is 0 Å². The summed E-state index contributed by atoms with van der Waals surface area (Å²) in [6, 6.07) is 0. The van der Waals surface area contributed by atoms with Gasteiger partial charge >= 0.3 is 0 Å². The normalized spacial score (nSPS) is 15.6. The monoisotopic (exact) mass is 136 g/mol. The van der Waals surface area contributed by atoms with E-state index in [1.54, 1.807) is 0 Å². The Morgan fingerprint density at radius 3 is 2.80 bits per heavy atom. The Hall–Kier alpha value is -1.18. The summed E-state index contributed by atoms with van der Waals surface area (Å²) >= 11 is 0. The number of likely N-dealkylation sites (N-methyl/N-ethyl adjacent to an activating group) is 1. The first kappa shape index (κ1) is 6.93. The molecule has 10 heavy (non-hydrogen) atoms. The standard InChI is InChI=1S/C8H12N2/c1-10(2)8-5-3-4-6-9-7-8/h3-7,9H,1-2H3. The molecule has 54 valence electrons. The van der Waals surface area contributed by atoms with Gasteiger partial charge in [-0.3, -0.25) is 0 Å². The second kappa shape index (κ2) is 3.11. The van der Waals surface area contributed by atoms with Gasteiger partial charge in [0.25, 0.3) is 0 Å². The molecule has 0 saturated heterocycles. The van der Waals surface area contributed by atoms with Crippen LogP contribution in [0.3, 0.4) is 0 Å². The minimum atomic E-state index is 1.17. The molecule has 0 aromatic carbocycles. The van der Waals surface area contributed by atoms with E-state index >= 15 is 0 Å². The third kappa shape index (κ3) is 1.65. The molecule has 0 amide bonds. The molecule has 0 spiro atoms. The SMILES string of the molecule is CN(C)C1=CNC=CC=C1. The van der Waals surface area contributed by atoms with E-state index in [0.717, 1.165) is 0 Å². The highest BCUT2D eigenvalue weighted by Crippen LogP contribution is 2.00. The van der Waals surface area contributed by atoms with Crippen molar-refractivity contribution in [2.45, 2.75) is 0 Å². The minimum Gasteiger partial charge on any atom is -0.376 e. The van der Waals surface area contributed by atoms with Crippen molar-refractivity contribution < 1.29 is 0 Å². The summed E-state index contributed by atoms with van der Waals surface area (Å²) in [5.74, 6) is 0. The maximum absolute atomic E-state index is 3.03. The van der Waals surface area contributed by atoms with Gasteiger partial charge in [0, 0.05) is 26.5 Å².